The summed E-state index contributed by atoms with van der Waals surface area (Å²) < 4.78 is 0. The van der Waals surface area contributed by atoms with Gasteiger partial charge in [-0.25, -0.2) is 0 Å². The van der Waals surface area contributed by atoms with E-state index in [1.807, 2.05) is 19.1 Å². The summed E-state index contributed by atoms with van der Waals surface area (Å²) in [5.74, 6) is 0.535. The average Bonchev–Trinajstić information content (AvgIpc) is 2.34. The minimum atomic E-state index is -0.142. The summed E-state index contributed by atoms with van der Waals surface area (Å²) in [5.41, 5.74) is 10.1. The summed E-state index contributed by atoms with van der Waals surface area (Å²) in [4.78, 5) is 16.6. The van der Waals surface area contributed by atoms with Crippen LogP contribution in [-0.4, -0.2) is 12.5 Å². The molecule has 4 nitrogen and oxygen atoms in total. The van der Waals surface area contributed by atoms with E-state index in [1.54, 1.807) is 0 Å². The van der Waals surface area contributed by atoms with Crippen LogP contribution in [0.15, 0.2) is 18.2 Å². The third-order valence-corrected chi connectivity index (χ3v) is 3.12. The minimum Gasteiger partial charge on any atom is -0.379 e. The van der Waals surface area contributed by atoms with Crippen molar-refractivity contribution in [3.8, 4) is 5.75 Å². The highest BCUT2D eigenvalue weighted by Crippen LogP contribution is 2.30. The van der Waals surface area contributed by atoms with E-state index in [0.717, 1.165) is 37.1 Å². The van der Waals surface area contributed by atoms with Gasteiger partial charge in [-0.1, -0.05) is 12.1 Å². The molecule has 1 aromatic rings. The molecule has 1 aliphatic heterocycles. The Kier molecular flexibility index (Phi) is 3.64. The molecule has 0 saturated carbocycles. The van der Waals surface area contributed by atoms with Gasteiger partial charge in [0.15, 0.2) is 5.75 Å². The number of carbonyl (C=O) groups excluding carboxylic acids is 1. The van der Waals surface area contributed by atoms with Gasteiger partial charge in [0, 0.05) is 5.56 Å². The molecule has 0 aliphatic carbocycles. The van der Waals surface area contributed by atoms with Crippen molar-refractivity contribution in [3.05, 3.63) is 29.3 Å². The van der Waals surface area contributed by atoms with Crippen LogP contribution in [0.2, 0.25) is 0 Å². The predicted molar refractivity (Wildman–Crippen MR) is 65.6 cm³/mol. The highest BCUT2D eigenvalue weighted by Gasteiger charge is 2.25. The Morgan fingerprint density at radius 1 is 1.41 bits per heavy atom. The average molecular weight is 234 g/mol. The molecule has 3 N–H and O–H groups in total. The van der Waals surface area contributed by atoms with Crippen LogP contribution in [0.1, 0.15) is 36.8 Å². The molecule has 0 radical (unpaired) electrons. The number of hydrogen-bond acceptors (Lipinski definition) is 3. The molecule has 0 fully saturated rings. The fourth-order valence-corrected chi connectivity index (χ4v) is 1.99. The van der Waals surface area contributed by atoms with E-state index in [2.05, 4.69) is 11.5 Å². The van der Waals surface area contributed by atoms with Gasteiger partial charge >= 0.3 is 0 Å². The van der Waals surface area contributed by atoms with Gasteiger partial charge in [0.25, 0.3) is 5.91 Å². The first-order chi connectivity index (χ1) is 8.22. The van der Waals surface area contributed by atoms with Crippen molar-refractivity contribution in [2.75, 3.05) is 6.54 Å². The van der Waals surface area contributed by atoms with Crippen LogP contribution in [0.4, 0.5) is 0 Å². The first kappa shape index (κ1) is 11.9. The number of fused-ring (bicyclic) bond motifs is 1. The smallest absolute Gasteiger partial charge is 0.259 e. The number of amides is 1. The van der Waals surface area contributed by atoms with Gasteiger partial charge in [0.2, 0.25) is 0 Å². The van der Waals surface area contributed by atoms with E-state index < -0.39 is 0 Å². The second kappa shape index (κ2) is 5.19. The molecule has 4 heteroatoms. The highest BCUT2D eigenvalue weighted by molar-refractivity contribution is 5.84. The molecule has 2 rings (SSSR count). The quantitative estimate of drug-likeness (QED) is 0.776. The van der Waals surface area contributed by atoms with E-state index >= 15 is 0 Å². The monoisotopic (exact) mass is 234 g/mol. The first-order valence-corrected chi connectivity index (χ1v) is 6.02. The molecule has 92 valence electrons. The van der Waals surface area contributed by atoms with Crippen LogP contribution in [-0.2, 0) is 11.2 Å². The summed E-state index contributed by atoms with van der Waals surface area (Å²) in [6.45, 7) is 2.61. The summed E-state index contributed by atoms with van der Waals surface area (Å²) >= 11 is 0. The summed E-state index contributed by atoms with van der Waals surface area (Å²) in [6.07, 6.45) is 3.11. The van der Waals surface area contributed by atoms with Gasteiger partial charge in [-0.05, 0) is 44.4 Å². The van der Waals surface area contributed by atoms with Crippen molar-refractivity contribution < 1.29 is 9.63 Å². The molecule has 0 aromatic heterocycles. The third kappa shape index (κ3) is 2.58. The zero-order valence-electron chi connectivity index (χ0n) is 10.0. The highest BCUT2D eigenvalue weighted by atomic mass is 16.7. The Labute approximate surface area is 101 Å². The Morgan fingerprint density at radius 2 is 2.24 bits per heavy atom. The fraction of sp³-hybridized carbons (Fsp3) is 0.462. The maximum absolute atomic E-state index is 11.4. The standard InChI is InChI=1S/C13H18N2O2/c1-9-11-6-5-10(4-2-3-7-14)8-12(11)17-15-13(9)16/h5-6,8-9H,2-4,7,14H2,1H3,(H,15,16). The van der Waals surface area contributed by atoms with Crippen molar-refractivity contribution in [1.29, 1.82) is 0 Å². The van der Waals surface area contributed by atoms with Gasteiger partial charge in [-0.2, -0.15) is 5.48 Å². The van der Waals surface area contributed by atoms with E-state index in [9.17, 15) is 4.79 Å². The lowest BCUT2D eigenvalue weighted by Crippen LogP contribution is -2.35. The lowest BCUT2D eigenvalue weighted by atomic mass is 9.96. The second-order valence-corrected chi connectivity index (χ2v) is 4.41. The summed E-state index contributed by atoms with van der Waals surface area (Å²) in [7, 11) is 0. The molecule has 1 atom stereocenters. The van der Waals surface area contributed by atoms with Crippen molar-refractivity contribution in [3.63, 3.8) is 0 Å². The zero-order chi connectivity index (χ0) is 12.3. The number of carbonyl (C=O) groups is 1. The molecular formula is C13H18N2O2. The molecule has 0 saturated heterocycles. The van der Waals surface area contributed by atoms with Gasteiger partial charge in [-0.3, -0.25) is 4.79 Å². The molecule has 1 aromatic carbocycles. The van der Waals surface area contributed by atoms with E-state index in [-0.39, 0.29) is 11.8 Å². The molecule has 0 bridgehead atoms. The molecule has 1 amide bonds. The van der Waals surface area contributed by atoms with E-state index in [4.69, 9.17) is 10.6 Å². The van der Waals surface area contributed by atoms with Crippen molar-refractivity contribution in [2.24, 2.45) is 5.73 Å². The number of hydrogen-bond donors (Lipinski definition) is 2. The van der Waals surface area contributed by atoms with Crippen LogP contribution in [0, 0.1) is 0 Å². The molecular weight excluding hydrogens is 216 g/mol. The van der Waals surface area contributed by atoms with Crippen LogP contribution < -0.4 is 16.1 Å². The fourth-order valence-electron chi connectivity index (χ4n) is 1.99. The number of benzene rings is 1. The third-order valence-electron chi connectivity index (χ3n) is 3.12. The molecule has 1 unspecified atom stereocenters. The van der Waals surface area contributed by atoms with E-state index in [1.165, 1.54) is 5.56 Å². The lowest BCUT2D eigenvalue weighted by Gasteiger charge is -2.22. The molecule has 1 aliphatic rings. The van der Waals surface area contributed by atoms with Gasteiger partial charge in [-0.15, -0.1) is 0 Å². The van der Waals surface area contributed by atoms with Crippen molar-refractivity contribution in [1.82, 2.24) is 5.48 Å². The van der Waals surface area contributed by atoms with Crippen molar-refractivity contribution >= 4 is 5.91 Å². The van der Waals surface area contributed by atoms with Crippen LogP contribution in [0.25, 0.3) is 0 Å². The van der Waals surface area contributed by atoms with Gasteiger partial charge in [0.1, 0.15) is 0 Å². The zero-order valence-corrected chi connectivity index (χ0v) is 10.0. The molecule has 17 heavy (non-hydrogen) atoms. The number of hydroxylamine groups is 1. The first-order valence-electron chi connectivity index (χ1n) is 6.02. The van der Waals surface area contributed by atoms with Gasteiger partial charge in [0.05, 0.1) is 5.92 Å². The Balaban J connectivity index is 2.12. The Bertz CT molecular complexity index is 418. The number of unbranched alkanes of at least 4 members (excludes halogenated alkanes) is 1. The lowest BCUT2D eigenvalue weighted by molar-refractivity contribution is -0.130. The topological polar surface area (TPSA) is 64.3 Å². The van der Waals surface area contributed by atoms with Crippen LogP contribution in [0.3, 0.4) is 0 Å². The number of nitrogens with one attached hydrogen (secondary N) is 1. The maximum Gasteiger partial charge on any atom is 0.259 e. The number of aryl methyl sites for hydroxylation is 1. The van der Waals surface area contributed by atoms with Crippen LogP contribution in [0.5, 0.6) is 5.75 Å². The largest absolute Gasteiger partial charge is 0.379 e. The maximum atomic E-state index is 11.4. The van der Waals surface area contributed by atoms with E-state index in [0.29, 0.717) is 0 Å². The minimum absolute atomic E-state index is 0.0895. The second-order valence-electron chi connectivity index (χ2n) is 4.41. The summed E-state index contributed by atoms with van der Waals surface area (Å²) in [5, 5.41) is 0. The predicted octanol–water partition coefficient (Wildman–Crippen LogP) is 1.50. The summed E-state index contributed by atoms with van der Waals surface area (Å²) in [6, 6.07) is 6.05. The SMILES string of the molecule is CC1C(=O)NOc2cc(CCCCN)ccc21. The molecule has 0 spiro atoms. The van der Waals surface area contributed by atoms with Crippen LogP contribution >= 0.6 is 0 Å². The molecule has 1 heterocycles. The van der Waals surface area contributed by atoms with Crippen molar-refractivity contribution in [2.45, 2.75) is 32.1 Å². The number of nitrogens with two attached hydrogens (primary N) is 1. The number of rotatable bonds is 4. The Hall–Kier alpha value is -1.55. The Morgan fingerprint density at radius 3 is 3.00 bits per heavy atom. The van der Waals surface area contributed by atoms with Gasteiger partial charge < -0.3 is 10.6 Å². The normalized spacial score (nSPS) is 18.2.